The van der Waals surface area contributed by atoms with E-state index >= 15 is 0 Å². The van der Waals surface area contributed by atoms with Crippen molar-refractivity contribution in [3.8, 4) is 6.07 Å². The number of nitriles is 1. The Balaban J connectivity index is 2.65. The lowest BCUT2D eigenvalue weighted by atomic mass is 9.99. The summed E-state index contributed by atoms with van der Waals surface area (Å²) in [4.78, 5) is 26.5. The maximum absolute atomic E-state index is 12.4. The monoisotopic (exact) mass is 283 g/mol. The zero-order chi connectivity index (χ0) is 15.1. The van der Waals surface area contributed by atoms with Gasteiger partial charge in [-0.1, -0.05) is 6.92 Å². The van der Waals surface area contributed by atoms with E-state index in [4.69, 9.17) is 15.1 Å². The number of ether oxygens (including phenoxy) is 1. The molecular formula is C13H21N3O4. The predicted octanol–water partition coefficient (Wildman–Crippen LogP) is 0.621. The molecule has 0 aliphatic carbocycles. The van der Waals surface area contributed by atoms with Gasteiger partial charge in [-0.2, -0.15) is 5.26 Å². The third-order valence-electron chi connectivity index (χ3n) is 3.53. The van der Waals surface area contributed by atoms with Crippen molar-refractivity contribution in [1.82, 2.24) is 9.80 Å². The van der Waals surface area contributed by atoms with E-state index in [-0.39, 0.29) is 24.9 Å². The van der Waals surface area contributed by atoms with Gasteiger partial charge < -0.3 is 19.6 Å². The highest BCUT2D eigenvalue weighted by Gasteiger charge is 2.38. The number of carboxylic acid groups (broad SMARTS) is 1. The number of rotatable bonds is 6. The van der Waals surface area contributed by atoms with Crippen LogP contribution in [0.25, 0.3) is 0 Å². The topological polar surface area (TPSA) is 93.9 Å². The van der Waals surface area contributed by atoms with Gasteiger partial charge in [0.25, 0.3) is 0 Å². The molecule has 1 fully saturated rings. The summed E-state index contributed by atoms with van der Waals surface area (Å²) in [6, 6.07) is 1.79. The predicted molar refractivity (Wildman–Crippen MR) is 70.9 cm³/mol. The Kier molecular flexibility index (Phi) is 6.25. The van der Waals surface area contributed by atoms with Crippen molar-refractivity contribution < 1.29 is 19.4 Å². The Morgan fingerprint density at radius 2 is 2.15 bits per heavy atom. The average molecular weight is 283 g/mol. The summed E-state index contributed by atoms with van der Waals surface area (Å²) in [5, 5.41) is 17.7. The van der Waals surface area contributed by atoms with Crippen LogP contribution in [0.5, 0.6) is 0 Å². The quantitative estimate of drug-likeness (QED) is 0.771. The summed E-state index contributed by atoms with van der Waals surface area (Å²) in [5.74, 6) is -1.44. The van der Waals surface area contributed by atoms with Gasteiger partial charge in [0.05, 0.1) is 25.0 Å². The molecule has 1 aliphatic heterocycles. The molecule has 0 bridgehead atoms. The molecule has 1 saturated heterocycles. The minimum absolute atomic E-state index is 0.0586. The summed E-state index contributed by atoms with van der Waals surface area (Å²) < 4.78 is 4.96. The first-order valence-electron chi connectivity index (χ1n) is 6.63. The van der Waals surface area contributed by atoms with Gasteiger partial charge >= 0.3 is 12.0 Å². The van der Waals surface area contributed by atoms with Crippen molar-refractivity contribution in [2.45, 2.75) is 13.3 Å². The van der Waals surface area contributed by atoms with Crippen LogP contribution in [0.1, 0.15) is 13.3 Å². The smallest absolute Gasteiger partial charge is 0.320 e. The molecule has 0 unspecified atom stereocenters. The molecule has 20 heavy (non-hydrogen) atoms. The van der Waals surface area contributed by atoms with Crippen LogP contribution in [-0.4, -0.2) is 66.8 Å². The Morgan fingerprint density at radius 1 is 1.45 bits per heavy atom. The molecule has 0 aromatic rings. The van der Waals surface area contributed by atoms with Gasteiger partial charge in [0.2, 0.25) is 0 Å². The highest BCUT2D eigenvalue weighted by molar-refractivity contribution is 5.77. The van der Waals surface area contributed by atoms with Crippen LogP contribution in [0.2, 0.25) is 0 Å². The summed E-state index contributed by atoms with van der Waals surface area (Å²) in [5.41, 5.74) is 0. The highest BCUT2D eigenvalue weighted by Crippen LogP contribution is 2.24. The van der Waals surface area contributed by atoms with Crippen LogP contribution in [0.4, 0.5) is 4.79 Å². The normalized spacial score (nSPS) is 21.6. The maximum atomic E-state index is 12.4. The Bertz CT molecular complexity index is 394. The van der Waals surface area contributed by atoms with Gasteiger partial charge in [0.1, 0.15) is 0 Å². The molecule has 2 amide bonds. The highest BCUT2D eigenvalue weighted by atomic mass is 16.5. The summed E-state index contributed by atoms with van der Waals surface area (Å²) in [6.45, 7) is 3.63. The van der Waals surface area contributed by atoms with Crippen molar-refractivity contribution in [3.63, 3.8) is 0 Å². The van der Waals surface area contributed by atoms with Crippen molar-refractivity contribution >= 4 is 12.0 Å². The van der Waals surface area contributed by atoms with E-state index in [2.05, 4.69) is 0 Å². The Morgan fingerprint density at radius 3 is 2.65 bits per heavy atom. The van der Waals surface area contributed by atoms with E-state index in [1.54, 1.807) is 16.9 Å². The van der Waals surface area contributed by atoms with E-state index in [9.17, 15) is 9.59 Å². The first-order chi connectivity index (χ1) is 9.51. The molecular weight excluding hydrogens is 262 g/mol. The van der Waals surface area contributed by atoms with E-state index in [1.165, 1.54) is 0 Å². The number of urea groups is 1. The third-order valence-corrected chi connectivity index (χ3v) is 3.53. The Hall–Kier alpha value is -1.81. The first kappa shape index (κ1) is 16.2. The molecule has 1 N–H and O–H groups in total. The van der Waals surface area contributed by atoms with E-state index < -0.39 is 11.9 Å². The number of carboxylic acids is 1. The minimum atomic E-state index is -0.867. The number of hydrogen-bond acceptors (Lipinski definition) is 4. The number of aliphatic carboxylic acids is 1. The third kappa shape index (κ3) is 4.10. The fourth-order valence-corrected chi connectivity index (χ4v) is 2.33. The lowest BCUT2D eigenvalue weighted by Crippen LogP contribution is -2.44. The van der Waals surface area contributed by atoms with Crippen LogP contribution in [0, 0.1) is 23.2 Å². The molecule has 1 rings (SSSR count). The van der Waals surface area contributed by atoms with Crippen molar-refractivity contribution in [1.29, 1.82) is 5.26 Å². The summed E-state index contributed by atoms with van der Waals surface area (Å²) >= 11 is 0. The van der Waals surface area contributed by atoms with Crippen LogP contribution in [0.15, 0.2) is 0 Å². The molecule has 7 nitrogen and oxygen atoms in total. The zero-order valence-electron chi connectivity index (χ0n) is 11.9. The molecule has 112 valence electrons. The molecule has 0 aromatic heterocycles. The number of likely N-dealkylation sites (tertiary alicyclic amines) is 1. The van der Waals surface area contributed by atoms with Gasteiger partial charge in [-0.05, 0) is 5.92 Å². The minimum Gasteiger partial charge on any atom is -0.481 e. The van der Waals surface area contributed by atoms with Gasteiger partial charge in [0.15, 0.2) is 0 Å². The number of hydrogen-bond donors (Lipinski definition) is 1. The van der Waals surface area contributed by atoms with Crippen LogP contribution in [0.3, 0.4) is 0 Å². The van der Waals surface area contributed by atoms with Crippen LogP contribution >= 0.6 is 0 Å². The number of nitrogens with zero attached hydrogens (tertiary/aromatic N) is 3. The number of carbonyl (C=O) groups is 2. The molecule has 0 saturated carbocycles. The number of methoxy groups -OCH3 is 1. The van der Waals surface area contributed by atoms with E-state index in [0.29, 0.717) is 26.2 Å². The fourth-order valence-electron chi connectivity index (χ4n) is 2.33. The SMILES string of the molecule is COCCN(CCC#N)C(=O)N1C[C@@H](C)[C@H](C(=O)O)C1. The molecule has 0 radical (unpaired) electrons. The van der Waals surface area contributed by atoms with Crippen molar-refractivity contribution in [2.75, 3.05) is 39.9 Å². The molecule has 7 heteroatoms. The lowest BCUT2D eigenvalue weighted by molar-refractivity contribution is -0.142. The molecule has 1 heterocycles. The van der Waals surface area contributed by atoms with Crippen molar-refractivity contribution in [3.05, 3.63) is 0 Å². The summed E-state index contributed by atoms with van der Waals surface area (Å²) in [7, 11) is 1.55. The fraction of sp³-hybridized carbons (Fsp3) is 0.769. The van der Waals surface area contributed by atoms with Gasteiger partial charge in [0, 0.05) is 33.3 Å². The van der Waals surface area contributed by atoms with Gasteiger partial charge in [-0.25, -0.2) is 4.79 Å². The molecule has 0 aromatic carbocycles. The van der Waals surface area contributed by atoms with Crippen LogP contribution in [-0.2, 0) is 9.53 Å². The molecule has 0 spiro atoms. The van der Waals surface area contributed by atoms with Gasteiger partial charge in [-0.3, -0.25) is 4.79 Å². The summed E-state index contributed by atoms with van der Waals surface area (Å²) in [6.07, 6.45) is 0.251. The first-order valence-corrected chi connectivity index (χ1v) is 6.63. The average Bonchev–Trinajstić information content (AvgIpc) is 2.80. The second kappa shape index (κ2) is 7.70. The standard InChI is InChI=1S/C13H21N3O4/c1-10-8-16(9-11(10)12(17)18)13(19)15(5-3-4-14)6-7-20-2/h10-11H,3,5-9H2,1-2H3,(H,17,18)/t10-,11-/m1/s1. The Labute approximate surface area is 118 Å². The van der Waals surface area contributed by atoms with Gasteiger partial charge in [-0.15, -0.1) is 0 Å². The van der Waals surface area contributed by atoms with E-state index in [1.807, 2.05) is 13.0 Å². The molecule has 1 aliphatic rings. The number of amides is 2. The molecule has 2 atom stereocenters. The second-order valence-corrected chi connectivity index (χ2v) is 5.00. The maximum Gasteiger partial charge on any atom is 0.320 e. The zero-order valence-corrected chi connectivity index (χ0v) is 11.9. The van der Waals surface area contributed by atoms with Crippen LogP contribution < -0.4 is 0 Å². The lowest BCUT2D eigenvalue weighted by Gasteiger charge is -2.27. The largest absolute Gasteiger partial charge is 0.481 e. The number of carbonyl (C=O) groups excluding carboxylic acids is 1. The van der Waals surface area contributed by atoms with E-state index in [0.717, 1.165) is 0 Å². The van der Waals surface area contributed by atoms with Crippen molar-refractivity contribution in [2.24, 2.45) is 11.8 Å². The second-order valence-electron chi connectivity index (χ2n) is 5.00.